The van der Waals surface area contributed by atoms with E-state index in [9.17, 15) is 0 Å². The molecule has 0 bridgehead atoms. The molecule has 0 atom stereocenters. The summed E-state index contributed by atoms with van der Waals surface area (Å²) in [7, 11) is 0. The van der Waals surface area contributed by atoms with Crippen molar-refractivity contribution in [3.05, 3.63) is 181 Å². The molecule has 0 fully saturated rings. The lowest BCUT2D eigenvalue weighted by molar-refractivity contribution is 0.332. The van der Waals surface area contributed by atoms with E-state index in [2.05, 4.69) is 202 Å². The van der Waals surface area contributed by atoms with Crippen molar-refractivity contribution in [2.45, 2.75) is 51.4 Å². The van der Waals surface area contributed by atoms with E-state index in [0.717, 1.165) is 33.2 Å². The van der Waals surface area contributed by atoms with Crippen LogP contribution < -0.4 is 0 Å². The van der Waals surface area contributed by atoms with E-state index < -0.39 is 0 Å². The number of fused-ring (bicyclic) bond motifs is 10. The summed E-state index contributed by atoms with van der Waals surface area (Å²) >= 11 is 0. The summed E-state index contributed by atoms with van der Waals surface area (Å²) in [6, 6.07) is 61.7. The smallest absolute Gasteiger partial charge is 0.164 e. The van der Waals surface area contributed by atoms with Gasteiger partial charge in [0.25, 0.3) is 0 Å². The lowest BCUT2D eigenvalue weighted by Gasteiger charge is -2.42. The molecule has 61 heavy (non-hydrogen) atoms. The fraction of sp³-hybridized carbons (Fsp3) is 0.140. The number of hydrogen-bond acceptors (Lipinski definition) is 3. The molecule has 292 valence electrons. The minimum absolute atomic E-state index is 0.0875. The zero-order chi connectivity index (χ0) is 41.0. The van der Waals surface area contributed by atoms with Crippen molar-refractivity contribution in [2.24, 2.45) is 0 Å². The molecule has 0 radical (unpaired) electrons. The average molecular weight is 785 g/mol. The Kier molecular flexibility index (Phi) is 7.71. The van der Waals surface area contributed by atoms with Crippen LogP contribution in [0.25, 0.3) is 105 Å². The first kappa shape index (κ1) is 35.7. The summed E-state index contributed by atoms with van der Waals surface area (Å²) in [6.45, 7) is 9.66. The third-order valence-electron chi connectivity index (χ3n) is 13.7. The molecule has 0 N–H and O–H groups in total. The van der Waals surface area contributed by atoms with Gasteiger partial charge in [0.2, 0.25) is 0 Å². The molecular weight excluding hydrogens is 741 g/mol. The van der Waals surface area contributed by atoms with Gasteiger partial charge in [0.15, 0.2) is 17.5 Å². The Balaban J connectivity index is 1.04. The molecule has 2 heterocycles. The van der Waals surface area contributed by atoms with Crippen LogP contribution in [0.15, 0.2) is 170 Å². The first-order chi connectivity index (χ1) is 29.7. The van der Waals surface area contributed by atoms with Gasteiger partial charge in [-0.15, -0.1) is 0 Å². The maximum Gasteiger partial charge on any atom is 0.164 e. The SMILES string of the molecule is CC1(C)CCC(C)(C)c2cc3c(cc21)c1ccc2ccccc2c1n3-c1ccc(-c2nc(-c3ccc4ccccc4c3)nc(-c3ccc4c(ccc5ccccc54)c3)n2)cc1. The van der Waals surface area contributed by atoms with Crippen molar-refractivity contribution in [1.82, 2.24) is 19.5 Å². The van der Waals surface area contributed by atoms with Gasteiger partial charge in [-0.3, -0.25) is 0 Å². The van der Waals surface area contributed by atoms with Crippen molar-refractivity contribution in [1.29, 1.82) is 0 Å². The van der Waals surface area contributed by atoms with Crippen LogP contribution in [-0.4, -0.2) is 19.5 Å². The standard InChI is InChI=1S/C57H44N4/c1-56(2)29-30-57(3,4)50-34-51-48(33-49(50)56)47-28-23-37-13-8-10-16-46(37)52(47)61(51)43-25-21-38(22-26-43)53-58-54(41-20-17-35-11-5-6-14-39(35)31-41)60-55(59-53)42-24-27-45-40(32-42)19-18-36-12-7-9-15-44(36)45/h5-28,31-34H,29-30H2,1-4H3. The van der Waals surface area contributed by atoms with Crippen LogP contribution in [-0.2, 0) is 10.8 Å². The predicted octanol–water partition coefficient (Wildman–Crippen LogP) is 14.9. The topological polar surface area (TPSA) is 43.6 Å². The van der Waals surface area contributed by atoms with Crippen molar-refractivity contribution < 1.29 is 0 Å². The minimum Gasteiger partial charge on any atom is -0.309 e. The second-order valence-corrected chi connectivity index (χ2v) is 18.3. The molecule has 11 aromatic rings. The van der Waals surface area contributed by atoms with E-state index in [1.807, 2.05) is 0 Å². The van der Waals surface area contributed by atoms with Gasteiger partial charge in [0.1, 0.15) is 0 Å². The Bertz CT molecular complexity index is 3590. The maximum absolute atomic E-state index is 5.21. The summed E-state index contributed by atoms with van der Waals surface area (Å²) in [5.74, 6) is 1.94. The first-order valence-electron chi connectivity index (χ1n) is 21.5. The van der Waals surface area contributed by atoms with Gasteiger partial charge in [-0.1, -0.05) is 149 Å². The van der Waals surface area contributed by atoms with Crippen molar-refractivity contribution in [2.75, 3.05) is 0 Å². The Morgan fingerprint density at radius 2 is 0.852 bits per heavy atom. The van der Waals surface area contributed by atoms with E-state index in [4.69, 9.17) is 15.0 Å². The van der Waals surface area contributed by atoms with Crippen LogP contribution in [0, 0.1) is 0 Å². The van der Waals surface area contributed by atoms with Gasteiger partial charge in [-0.05, 0) is 121 Å². The van der Waals surface area contributed by atoms with Crippen LogP contribution in [0.4, 0.5) is 0 Å². The van der Waals surface area contributed by atoms with E-state index in [1.54, 1.807) is 0 Å². The number of rotatable bonds is 4. The summed E-state index contributed by atoms with van der Waals surface area (Å²) in [4.78, 5) is 15.6. The zero-order valence-electron chi connectivity index (χ0n) is 34.9. The predicted molar refractivity (Wildman–Crippen MR) is 256 cm³/mol. The average Bonchev–Trinajstić information content (AvgIpc) is 3.63. The molecule has 0 unspecified atom stereocenters. The highest BCUT2D eigenvalue weighted by molar-refractivity contribution is 6.19. The number of aromatic nitrogens is 4. The molecule has 0 amide bonds. The molecule has 0 spiro atoms. The van der Waals surface area contributed by atoms with Crippen LogP contribution in [0.3, 0.4) is 0 Å². The van der Waals surface area contributed by atoms with E-state index >= 15 is 0 Å². The summed E-state index contributed by atoms with van der Waals surface area (Å²) in [5, 5.41) is 12.3. The van der Waals surface area contributed by atoms with E-state index in [0.29, 0.717) is 17.5 Å². The number of benzene rings is 9. The molecule has 0 saturated heterocycles. The second-order valence-electron chi connectivity index (χ2n) is 18.3. The molecule has 4 heteroatoms. The molecule has 4 nitrogen and oxygen atoms in total. The monoisotopic (exact) mass is 784 g/mol. The fourth-order valence-electron chi connectivity index (χ4n) is 10.1. The van der Waals surface area contributed by atoms with Crippen LogP contribution in [0.2, 0.25) is 0 Å². The molecule has 2 aromatic heterocycles. The van der Waals surface area contributed by atoms with Crippen LogP contribution >= 0.6 is 0 Å². The van der Waals surface area contributed by atoms with Gasteiger partial charge in [-0.25, -0.2) is 15.0 Å². The molecule has 1 aliphatic carbocycles. The van der Waals surface area contributed by atoms with Gasteiger partial charge in [0.05, 0.1) is 11.0 Å². The molecule has 0 saturated carbocycles. The third-order valence-corrected chi connectivity index (χ3v) is 13.7. The van der Waals surface area contributed by atoms with Gasteiger partial charge < -0.3 is 4.57 Å². The van der Waals surface area contributed by atoms with Crippen molar-refractivity contribution >= 4 is 64.9 Å². The largest absolute Gasteiger partial charge is 0.309 e. The number of nitrogens with zero attached hydrogens (tertiary/aromatic N) is 4. The van der Waals surface area contributed by atoms with Gasteiger partial charge >= 0.3 is 0 Å². The van der Waals surface area contributed by atoms with E-state index in [1.165, 1.54) is 78.1 Å². The highest BCUT2D eigenvalue weighted by atomic mass is 15.0. The third kappa shape index (κ3) is 5.69. The Hall–Kier alpha value is -7.17. The molecule has 0 aliphatic heterocycles. The number of hydrogen-bond donors (Lipinski definition) is 0. The Morgan fingerprint density at radius 1 is 0.377 bits per heavy atom. The Labute approximate surface area is 355 Å². The minimum atomic E-state index is 0.0875. The van der Waals surface area contributed by atoms with Crippen molar-refractivity contribution in [3.8, 4) is 39.9 Å². The Morgan fingerprint density at radius 3 is 1.57 bits per heavy atom. The highest BCUT2D eigenvalue weighted by Gasteiger charge is 2.38. The summed E-state index contributed by atoms with van der Waals surface area (Å²) in [5.41, 5.74) is 9.58. The normalized spacial score (nSPS) is 14.7. The van der Waals surface area contributed by atoms with Crippen LogP contribution in [0.1, 0.15) is 51.7 Å². The first-order valence-corrected chi connectivity index (χ1v) is 21.5. The molecule has 9 aromatic carbocycles. The van der Waals surface area contributed by atoms with Gasteiger partial charge in [-0.2, -0.15) is 0 Å². The van der Waals surface area contributed by atoms with Crippen LogP contribution in [0.5, 0.6) is 0 Å². The quantitative estimate of drug-likeness (QED) is 0.167. The van der Waals surface area contributed by atoms with E-state index in [-0.39, 0.29) is 10.8 Å². The molecule has 12 rings (SSSR count). The highest BCUT2D eigenvalue weighted by Crippen LogP contribution is 2.49. The molecule has 1 aliphatic rings. The molecular formula is C57H44N4. The van der Waals surface area contributed by atoms with Crippen molar-refractivity contribution in [3.63, 3.8) is 0 Å². The summed E-state index contributed by atoms with van der Waals surface area (Å²) in [6.07, 6.45) is 2.35. The summed E-state index contributed by atoms with van der Waals surface area (Å²) < 4.78 is 2.49. The lowest BCUT2D eigenvalue weighted by Crippen LogP contribution is -2.33. The zero-order valence-corrected chi connectivity index (χ0v) is 34.9. The second kappa shape index (κ2) is 13.2. The fourth-order valence-corrected chi connectivity index (χ4v) is 10.1. The maximum atomic E-state index is 5.21. The van der Waals surface area contributed by atoms with Gasteiger partial charge in [0, 0.05) is 38.5 Å². The lowest BCUT2D eigenvalue weighted by atomic mass is 9.63.